The number of rotatable bonds is 4. The van der Waals surface area contributed by atoms with Gasteiger partial charge in [0, 0.05) is 4.88 Å². The molecule has 2 atom stereocenters. The normalized spacial score (nSPS) is 13.8. The van der Waals surface area contributed by atoms with E-state index in [2.05, 4.69) is 10.6 Å². The molecule has 6 heteroatoms. The van der Waals surface area contributed by atoms with Gasteiger partial charge in [-0.05, 0) is 24.8 Å². The standard InChI is InChI=1S/C11H15ClN2O2S/c1-3-8(9-5-4-6-17-9)13-11(16)14-10(15)7(2)12/h4-8H,3H2,1-2H3,(H2,13,14,15,16). The minimum absolute atomic E-state index is 0.0755. The maximum Gasteiger partial charge on any atom is 0.321 e. The molecule has 3 amide bonds. The molecule has 1 heterocycles. The van der Waals surface area contributed by atoms with Gasteiger partial charge in [0.25, 0.3) is 0 Å². The molecule has 0 saturated heterocycles. The molecule has 4 nitrogen and oxygen atoms in total. The molecule has 17 heavy (non-hydrogen) atoms. The summed E-state index contributed by atoms with van der Waals surface area (Å²) in [5.74, 6) is -0.495. The molecule has 1 aromatic heterocycles. The van der Waals surface area contributed by atoms with Crippen LogP contribution in [0.5, 0.6) is 0 Å². The summed E-state index contributed by atoms with van der Waals surface area (Å²) in [7, 11) is 0. The van der Waals surface area contributed by atoms with Gasteiger partial charge in [0.2, 0.25) is 5.91 Å². The first-order chi connectivity index (χ1) is 8.04. The van der Waals surface area contributed by atoms with Crippen molar-refractivity contribution in [3.8, 4) is 0 Å². The van der Waals surface area contributed by atoms with E-state index in [0.29, 0.717) is 0 Å². The van der Waals surface area contributed by atoms with Crippen LogP contribution >= 0.6 is 22.9 Å². The largest absolute Gasteiger partial charge is 0.330 e. The molecule has 1 aromatic rings. The van der Waals surface area contributed by atoms with Crippen LogP contribution in [0.4, 0.5) is 4.79 Å². The molecule has 0 saturated carbocycles. The zero-order chi connectivity index (χ0) is 12.8. The molecule has 1 rings (SSSR count). The Labute approximate surface area is 109 Å². The van der Waals surface area contributed by atoms with Crippen LogP contribution < -0.4 is 10.6 Å². The molecular weight excluding hydrogens is 260 g/mol. The maximum absolute atomic E-state index is 11.5. The molecule has 94 valence electrons. The Kier molecular flexibility index (Phi) is 5.44. The molecular formula is C11H15ClN2O2S. The first kappa shape index (κ1) is 14.0. The third kappa shape index (κ3) is 4.36. The van der Waals surface area contributed by atoms with E-state index in [1.807, 2.05) is 24.4 Å². The minimum Gasteiger partial charge on any atom is -0.330 e. The highest BCUT2D eigenvalue weighted by molar-refractivity contribution is 7.10. The van der Waals surface area contributed by atoms with Gasteiger partial charge in [-0.15, -0.1) is 22.9 Å². The molecule has 0 aromatic carbocycles. The number of amides is 3. The Morgan fingerprint density at radius 2 is 2.24 bits per heavy atom. The summed E-state index contributed by atoms with van der Waals surface area (Å²) in [6, 6.07) is 3.29. The lowest BCUT2D eigenvalue weighted by Crippen LogP contribution is -2.43. The molecule has 0 radical (unpaired) electrons. The SMILES string of the molecule is CCC(NC(=O)NC(=O)C(C)Cl)c1cccs1. The Bertz CT molecular complexity index is 379. The number of hydrogen-bond acceptors (Lipinski definition) is 3. The summed E-state index contributed by atoms with van der Waals surface area (Å²) in [4.78, 5) is 23.8. The highest BCUT2D eigenvalue weighted by Gasteiger charge is 2.17. The van der Waals surface area contributed by atoms with E-state index < -0.39 is 17.3 Å². The van der Waals surface area contributed by atoms with Gasteiger partial charge in [0.15, 0.2) is 0 Å². The average molecular weight is 275 g/mol. The van der Waals surface area contributed by atoms with Crippen molar-refractivity contribution in [3.05, 3.63) is 22.4 Å². The monoisotopic (exact) mass is 274 g/mol. The number of halogens is 1. The lowest BCUT2D eigenvalue weighted by molar-refractivity contribution is -0.119. The Balaban J connectivity index is 2.52. The fourth-order valence-corrected chi connectivity index (χ4v) is 2.19. The molecule has 2 N–H and O–H groups in total. The number of nitrogens with one attached hydrogen (secondary N) is 2. The van der Waals surface area contributed by atoms with E-state index in [9.17, 15) is 9.59 Å². The smallest absolute Gasteiger partial charge is 0.321 e. The Hall–Kier alpha value is -1.07. The summed E-state index contributed by atoms with van der Waals surface area (Å²) in [6.07, 6.45) is 0.762. The van der Waals surface area contributed by atoms with Crippen molar-refractivity contribution >= 4 is 34.9 Å². The van der Waals surface area contributed by atoms with Gasteiger partial charge in [-0.3, -0.25) is 10.1 Å². The summed E-state index contributed by atoms with van der Waals surface area (Å²) in [6.45, 7) is 3.48. The van der Waals surface area contributed by atoms with Crippen molar-refractivity contribution in [1.29, 1.82) is 0 Å². The number of imide groups is 1. The zero-order valence-electron chi connectivity index (χ0n) is 9.70. The predicted octanol–water partition coefficient (Wildman–Crippen LogP) is 2.65. The van der Waals surface area contributed by atoms with E-state index >= 15 is 0 Å². The highest BCUT2D eigenvalue weighted by Crippen LogP contribution is 2.21. The number of carbonyl (C=O) groups is 2. The summed E-state index contributed by atoms with van der Waals surface area (Å²) < 4.78 is 0. The van der Waals surface area contributed by atoms with Crippen LogP contribution in [0.1, 0.15) is 31.2 Å². The van der Waals surface area contributed by atoms with E-state index in [-0.39, 0.29) is 6.04 Å². The first-order valence-electron chi connectivity index (χ1n) is 5.33. The lowest BCUT2D eigenvalue weighted by atomic mass is 10.2. The quantitative estimate of drug-likeness (QED) is 0.830. The van der Waals surface area contributed by atoms with Crippen molar-refractivity contribution in [2.45, 2.75) is 31.7 Å². The first-order valence-corrected chi connectivity index (χ1v) is 6.65. The zero-order valence-corrected chi connectivity index (χ0v) is 11.3. The van der Waals surface area contributed by atoms with Crippen LogP contribution in [-0.2, 0) is 4.79 Å². The van der Waals surface area contributed by atoms with Gasteiger partial charge in [0.05, 0.1) is 6.04 Å². The summed E-state index contributed by atoms with van der Waals surface area (Å²) in [5.41, 5.74) is 0. The van der Waals surface area contributed by atoms with Crippen molar-refractivity contribution in [2.75, 3.05) is 0 Å². The predicted molar refractivity (Wildman–Crippen MR) is 69.3 cm³/mol. The van der Waals surface area contributed by atoms with E-state index in [0.717, 1.165) is 11.3 Å². The molecule has 0 aliphatic carbocycles. The fraction of sp³-hybridized carbons (Fsp3) is 0.455. The van der Waals surface area contributed by atoms with Crippen molar-refractivity contribution in [3.63, 3.8) is 0 Å². The minimum atomic E-state index is -0.720. The molecule has 0 fully saturated rings. The van der Waals surface area contributed by atoms with E-state index in [1.54, 1.807) is 11.3 Å². The second-order valence-electron chi connectivity index (χ2n) is 3.55. The molecule has 0 bridgehead atoms. The number of hydrogen-bond donors (Lipinski definition) is 2. The average Bonchev–Trinajstić information content (AvgIpc) is 2.78. The van der Waals surface area contributed by atoms with Gasteiger partial charge < -0.3 is 5.32 Å². The van der Waals surface area contributed by atoms with Crippen molar-refractivity contribution in [2.24, 2.45) is 0 Å². The second-order valence-corrected chi connectivity index (χ2v) is 5.19. The van der Waals surface area contributed by atoms with Crippen LogP contribution in [0.15, 0.2) is 17.5 Å². The van der Waals surface area contributed by atoms with Crippen LogP contribution in [0.25, 0.3) is 0 Å². The number of thiophene rings is 1. The third-order valence-corrected chi connectivity index (χ3v) is 3.38. The molecule has 0 aliphatic rings. The number of alkyl halides is 1. The maximum atomic E-state index is 11.5. The Morgan fingerprint density at radius 3 is 2.71 bits per heavy atom. The Morgan fingerprint density at radius 1 is 1.53 bits per heavy atom. The number of urea groups is 1. The summed E-state index contributed by atoms with van der Waals surface area (Å²) >= 11 is 7.12. The van der Waals surface area contributed by atoms with Gasteiger partial charge in [-0.2, -0.15) is 0 Å². The summed E-state index contributed by atoms with van der Waals surface area (Å²) in [5, 5.41) is 6.15. The van der Waals surface area contributed by atoms with E-state index in [4.69, 9.17) is 11.6 Å². The lowest BCUT2D eigenvalue weighted by Gasteiger charge is -2.15. The molecule has 0 spiro atoms. The van der Waals surface area contributed by atoms with Crippen LogP contribution in [0, 0.1) is 0 Å². The van der Waals surface area contributed by atoms with Crippen molar-refractivity contribution in [1.82, 2.24) is 10.6 Å². The fourth-order valence-electron chi connectivity index (χ4n) is 1.27. The topological polar surface area (TPSA) is 58.2 Å². The van der Waals surface area contributed by atoms with Gasteiger partial charge in [0.1, 0.15) is 5.38 Å². The van der Waals surface area contributed by atoms with Crippen LogP contribution in [0.2, 0.25) is 0 Å². The second kappa shape index (κ2) is 6.61. The van der Waals surface area contributed by atoms with Crippen LogP contribution in [-0.4, -0.2) is 17.3 Å². The van der Waals surface area contributed by atoms with Gasteiger partial charge in [-0.25, -0.2) is 4.79 Å². The van der Waals surface area contributed by atoms with Gasteiger partial charge in [-0.1, -0.05) is 13.0 Å². The molecule has 0 aliphatic heterocycles. The molecule has 2 unspecified atom stereocenters. The van der Waals surface area contributed by atoms with E-state index in [1.165, 1.54) is 6.92 Å². The number of carbonyl (C=O) groups excluding carboxylic acids is 2. The third-order valence-electron chi connectivity index (χ3n) is 2.20. The van der Waals surface area contributed by atoms with Crippen molar-refractivity contribution < 1.29 is 9.59 Å². The van der Waals surface area contributed by atoms with Crippen LogP contribution in [0.3, 0.4) is 0 Å². The highest BCUT2D eigenvalue weighted by atomic mass is 35.5. The van der Waals surface area contributed by atoms with Gasteiger partial charge >= 0.3 is 6.03 Å².